The van der Waals surface area contributed by atoms with Crippen molar-refractivity contribution in [1.82, 2.24) is 5.16 Å². The van der Waals surface area contributed by atoms with Gasteiger partial charge < -0.3 is 9.84 Å². The molecular weight excluding hydrogens is 414 g/mol. The first-order valence-electron chi connectivity index (χ1n) is 8.89. The number of halogens is 1. The number of alkyl halides is 1. The highest BCUT2D eigenvalue weighted by molar-refractivity contribution is 7.92. The van der Waals surface area contributed by atoms with Crippen LogP contribution in [0.25, 0.3) is 0 Å². The van der Waals surface area contributed by atoms with Gasteiger partial charge in [-0.15, -0.1) is 11.6 Å². The Labute approximate surface area is 174 Å². The van der Waals surface area contributed by atoms with Crippen LogP contribution in [0.4, 0.5) is 11.4 Å². The predicted molar refractivity (Wildman–Crippen MR) is 112 cm³/mol. The number of aromatic nitrogens is 1. The van der Waals surface area contributed by atoms with Crippen LogP contribution in [0.15, 0.2) is 64.1 Å². The number of benzene rings is 2. The molecule has 29 heavy (non-hydrogen) atoms. The number of nitrogens with zero attached hydrogens (tertiary/aromatic N) is 1. The predicted octanol–water partition coefficient (Wildman–Crippen LogP) is 4.21. The number of carbonyl (C=O) groups is 1. The molecule has 0 unspecified atom stereocenters. The molecule has 2 aromatic carbocycles. The maximum Gasteiger partial charge on any atom is 0.261 e. The van der Waals surface area contributed by atoms with Crippen molar-refractivity contribution in [1.29, 1.82) is 0 Å². The minimum Gasteiger partial charge on any atom is -0.361 e. The van der Waals surface area contributed by atoms with Crippen LogP contribution in [0.1, 0.15) is 28.1 Å². The standard InChI is InChI=1S/C20H20ClN3O4S/c1-14-19(13-22-28-14)20(25)23-16-6-8-17(9-7-16)24-29(26,27)18-10-4-15(5-11-18)3-2-12-21/h4-11,13,24H,2-3,12H2,1H3,(H,23,25). The number of sulfonamides is 1. The Morgan fingerprint density at radius 3 is 2.31 bits per heavy atom. The summed E-state index contributed by atoms with van der Waals surface area (Å²) in [4.78, 5) is 12.3. The van der Waals surface area contributed by atoms with Crippen LogP contribution in [0.2, 0.25) is 0 Å². The second-order valence-electron chi connectivity index (χ2n) is 6.37. The largest absolute Gasteiger partial charge is 0.361 e. The molecule has 0 fully saturated rings. The molecular formula is C20H20ClN3O4S. The summed E-state index contributed by atoms with van der Waals surface area (Å²) in [5, 5.41) is 6.27. The van der Waals surface area contributed by atoms with E-state index in [9.17, 15) is 13.2 Å². The highest BCUT2D eigenvalue weighted by Gasteiger charge is 2.15. The van der Waals surface area contributed by atoms with Gasteiger partial charge in [0.05, 0.1) is 11.1 Å². The molecule has 0 atom stereocenters. The molecule has 0 spiro atoms. The molecule has 3 rings (SSSR count). The third-order valence-corrected chi connectivity index (χ3v) is 5.89. The third kappa shape index (κ3) is 5.36. The molecule has 3 aromatic rings. The summed E-state index contributed by atoms with van der Waals surface area (Å²) in [6.45, 7) is 1.64. The van der Waals surface area contributed by atoms with E-state index in [0.717, 1.165) is 18.4 Å². The zero-order chi connectivity index (χ0) is 20.9. The second kappa shape index (κ2) is 9.11. The maximum atomic E-state index is 12.6. The van der Waals surface area contributed by atoms with Gasteiger partial charge in [0.1, 0.15) is 11.3 Å². The zero-order valence-electron chi connectivity index (χ0n) is 15.7. The van der Waals surface area contributed by atoms with Crippen LogP contribution in [-0.2, 0) is 16.4 Å². The fourth-order valence-electron chi connectivity index (χ4n) is 2.66. The number of hydrogen-bond donors (Lipinski definition) is 2. The molecule has 0 bridgehead atoms. The van der Waals surface area contributed by atoms with E-state index < -0.39 is 10.0 Å². The van der Waals surface area contributed by atoms with Crippen LogP contribution in [0.5, 0.6) is 0 Å². The van der Waals surface area contributed by atoms with E-state index in [4.69, 9.17) is 16.1 Å². The Hall–Kier alpha value is -2.84. The van der Waals surface area contributed by atoms with Crippen molar-refractivity contribution in [2.45, 2.75) is 24.7 Å². The van der Waals surface area contributed by atoms with E-state index >= 15 is 0 Å². The lowest BCUT2D eigenvalue weighted by Crippen LogP contribution is -2.14. The van der Waals surface area contributed by atoms with Gasteiger partial charge in [0.15, 0.2) is 0 Å². The Bertz CT molecular complexity index is 1080. The van der Waals surface area contributed by atoms with Gasteiger partial charge in [-0.05, 0) is 61.7 Å². The molecule has 2 N–H and O–H groups in total. The minimum atomic E-state index is -3.71. The van der Waals surface area contributed by atoms with Gasteiger partial charge in [-0.2, -0.15) is 0 Å². The van der Waals surface area contributed by atoms with E-state index in [0.29, 0.717) is 28.6 Å². The van der Waals surface area contributed by atoms with Gasteiger partial charge in [0.2, 0.25) is 0 Å². The highest BCUT2D eigenvalue weighted by atomic mass is 35.5. The topological polar surface area (TPSA) is 101 Å². The summed E-state index contributed by atoms with van der Waals surface area (Å²) in [6.07, 6.45) is 2.98. The summed E-state index contributed by atoms with van der Waals surface area (Å²) in [5.41, 5.74) is 2.27. The van der Waals surface area contributed by atoms with Crippen molar-refractivity contribution in [2.24, 2.45) is 0 Å². The first kappa shape index (κ1) is 20.9. The first-order valence-corrected chi connectivity index (χ1v) is 10.9. The van der Waals surface area contributed by atoms with E-state index in [-0.39, 0.29) is 10.8 Å². The van der Waals surface area contributed by atoms with Crippen LogP contribution in [0, 0.1) is 6.92 Å². The lowest BCUT2D eigenvalue weighted by molar-refractivity contribution is 0.102. The molecule has 1 aromatic heterocycles. The summed E-state index contributed by atoms with van der Waals surface area (Å²) < 4.78 is 32.5. The van der Waals surface area contributed by atoms with Gasteiger partial charge in [0, 0.05) is 17.3 Å². The average molecular weight is 434 g/mol. The van der Waals surface area contributed by atoms with E-state index in [1.54, 1.807) is 55.5 Å². The lowest BCUT2D eigenvalue weighted by Gasteiger charge is -2.10. The molecule has 152 valence electrons. The Morgan fingerprint density at radius 1 is 1.07 bits per heavy atom. The van der Waals surface area contributed by atoms with Crippen molar-refractivity contribution in [3.8, 4) is 0 Å². The molecule has 0 saturated carbocycles. The number of rotatable bonds is 8. The number of anilines is 2. The average Bonchev–Trinajstić information content (AvgIpc) is 3.14. The van der Waals surface area contributed by atoms with Gasteiger partial charge in [-0.1, -0.05) is 17.3 Å². The third-order valence-electron chi connectivity index (χ3n) is 4.22. The summed E-state index contributed by atoms with van der Waals surface area (Å²) in [7, 11) is -3.71. The number of nitrogens with one attached hydrogen (secondary N) is 2. The van der Waals surface area contributed by atoms with Crippen molar-refractivity contribution in [3.05, 3.63) is 71.6 Å². The summed E-state index contributed by atoms with van der Waals surface area (Å²) in [5.74, 6) is 0.628. The smallest absolute Gasteiger partial charge is 0.261 e. The minimum absolute atomic E-state index is 0.174. The van der Waals surface area contributed by atoms with E-state index in [2.05, 4.69) is 15.2 Å². The molecule has 0 aliphatic carbocycles. The maximum absolute atomic E-state index is 12.6. The van der Waals surface area contributed by atoms with Crippen molar-refractivity contribution in [3.63, 3.8) is 0 Å². The summed E-state index contributed by atoms with van der Waals surface area (Å²) >= 11 is 5.68. The summed E-state index contributed by atoms with van der Waals surface area (Å²) in [6, 6.07) is 13.1. The van der Waals surface area contributed by atoms with Crippen molar-refractivity contribution >= 4 is 38.9 Å². The quantitative estimate of drug-likeness (QED) is 0.518. The van der Waals surface area contributed by atoms with Gasteiger partial charge >= 0.3 is 0 Å². The fourth-order valence-corrected chi connectivity index (χ4v) is 3.85. The van der Waals surface area contributed by atoms with Crippen molar-refractivity contribution < 1.29 is 17.7 Å². The molecule has 0 radical (unpaired) electrons. The second-order valence-corrected chi connectivity index (χ2v) is 8.43. The molecule has 7 nitrogen and oxygen atoms in total. The molecule has 1 heterocycles. The normalized spacial score (nSPS) is 11.2. The first-order chi connectivity index (χ1) is 13.9. The van der Waals surface area contributed by atoms with Crippen LogP contribution >= 0.6 is 11.6 Å². The fraction of sp³-hybridized carbons (Fsp3) is 0.200. The van der Waals surface area contributed by atoms with E-state index in [1.165, 1.54) is 6.20 Å². The van der Waals surface area contributed by atoms with Gasteiger partial charge in [-0.3, -0.25) is 9.52 Å². The molecule has 9 heteroatoms. The zero-order valence-corrected chi connectivity index (χ0v) is 17.3. The number of aryl methyl sites for hydroxylation is 2. The van der Waals surface area contributed by atoms with Gasteiger partial charge in [0.25, 0.3) is 15.9 Å². The Morgan fingerprint density at radius 2 is 1.72 bits per heavy atom. The lowest BCUT2D eigenvalue weighted by atomic mass is 10.1. The SMILES string of the molecule is Cc1oncc1C(=O)Nc1ccc(NS(=O)(=O)c2ccc(CCCCl)cc2)cc1. The molecule has 0 aliphatic heterocycles. The van der Waals surface area contributed by atoms with Crippen LogP contribution in [-0.4, -0.2) is 25.4 Å². The number of hydrogen-bond acceptors (Lipinski definition) is 5. The molecule has 1 amide bonds. The van der Waals surface area contributed by atoms with Crippen LogP contribution < -0.4 is 10.0 Å². The highest BCUT2D eigenvalue weighted by Crippen LogP contribution is 2.20. The number of carbonyl (C=O) groups excluding carboxylic acids is 1. The van der Waals surface area contributed by atoms with Gasteiger partial charge in [-0.25, -0.2) is 8.42 Å². The van der Waals surface area contributed by atoms with Crippen molar-refractivity contribution in [2.75, 3.05) is 15.9 Å². The monoisotopic (exact) mass is 433 g/mol. The van der Waals surface area contributed by atoms with Crippen LogP contribution in [0.3, 0.4) is 0 Å². The number of amides is 1. The molecule has 0 saturated heterocycles. The Kier molecular flexibility index (Phi) is 6.56. The van der Waals surface area contributed by atoms with E-state index in [1.807, 2.05) is 0 Å². The Balaban J connectivity index is 1.65. The molecule has 0 aliphatic rings.